The Bertz CT molecular complexity index is 358. The molecule has 0 saturated heterocycles. The molecule has 1 aliphatic carbocycles. The van der Waals surface area contributed by atoms with Crippen molar-refractivity contribution in [3.63, 3.8) is 0 Å². The summed E-state index contributed by atoms with van der Waals surface area (Å²) in [6.07, 6.45) is 8.19. The molecule has 94 valence electrons. The fraction of sp³-hybridized carbons (Fsp3) is 0.692. The Morgan fingerprint density at radius 3 is 2.76 bits per heavy atom. The highest BCUT2D eigenvalue weighted by Crippen LogP contribution is 2.35. The van der Waals surface area contributed by atoms with Crippen LogP contribution in [-0.2, 0) is 0 Å². The number of nitrogens with two attached hydrogens (primary N) is 1. The zero-order valence-electron chi connectivity index (χ0n) is 10.6. The molecule has 17 heavy (non-hydrogen) atoms. The van der Waals surface area contributed by atoms with Gasteiger partial charge < -0.3 is 11.1 Å². The summed E-state index contributed by atoms with van der Waals surface area (Å²) >= 11 is 0. The second kappa shape index (κ2) is 5.45. The summed E-state index contributed by atoms with van der Waals surface area (Å²) in [7, 11) is 0. The van der Waals surface area contributed by atoms with Crippen molar-refractivity contribution in [2.75, 3.05) is 18.4 Å². The van der Waals surface area contributed by atoms with Crippen LogP contribution in [0.5, 0.6) is 0 Å². The molecular formula is C13H22N4. The molecular weight excluding hydrogens is 212 g/mol. The van der Waals surface area contributed by atoms with Crippen LogP contribution in [0.25, 0.3) is 0 Å². The van der Waals surface area contributed by atoms with Gasteiger partial charge in [-0.15, -0.1) is 0 Å². The van der Waals surface area contributed by atoms with Crippen LogP contribution in [0.15, 0.2) is 12.3 Å². The van der Waals surface area contributed by atoms with Crippen LogP contribution >= 0.6 is 0 Å². The average molecular weight is 234 g/mol. The Hall–Kier alpha value is -1.16. The Morgan fingerprint density at radius 1 is 1.35 bits per heavy atom. The van der Waals surface area contributed by atoms with Gasteiger partial charge in [0.2, 0.25) is 5.95 Å². The zero-order valence-corrected chi connectivity index (χ0v) is 10.6. The lowest BCUT2D eigenvalue weighted by atomic mass is 9.74. The first-order valence-electron chi connectivity index (χ1n) is 6.48. The molecule has 0 aromatic carbocycles. The topological polar surface area (TPSA) is 63.8 Å². The van der Waals surface area contributed by atoms with Crippen molar-refractivity contribution in [2.45, 2.75) is 39.0 Å². The van der Waals surface area contributed by atoms with E-state index in [1.54, 1.807) is 6.20 Å². The van der Waals surface area contributed by atoms with Crippen molar-refractivity contribution in [2.24, 2.45) is 11.1 Å². The van der Waals surface area contributed by atoms with Crippen LogP contribution in [0.4, 0.5) is 5.95 Å². The van der Waals surface area contributed by atoms with Crippen LogP contribution in [0.3, 0.4) is 0 Å². The molecule has 4 heteroatoms. The summed E-state index contributed by atoms with van der Waals surface area (Å²) in [5.74, 6) is 0.725. The standard InChI is InChI=1S/C13H22N4/c1-11-5-8-15-12(17-11)16-10-13(9-14)6-3-2-4-7-13/h5,8H,2-4,6-7,9-10,14H2,1H3,(H,15,16,17). The number of anilines is 1. The molecule has 1 heterocycles. The van der Waals surface area contributed by atoms with E-state index in [9.17, 15) is 0 Å². The summed E-state index contributed by atoms with van der Waals surface area (Å²) in [5, 5.41) is 3.34. The molecule has 0 amide bonds. The highest BCUT2D eigenvalue weighted by molar-refractivity contribution is 5.25. The number of nitrogens with zero attached hydrogens (tertiary/aromatic N) is 2. The van der Waals surface area contributed by atoms with Crippen molar-refractivity contribution in [1.82, 2.24) is 9.97 Å². The lowest BCUT2D eigenvalue weighted by molar-refractivity contribution is 0.215. The minimum atomic E-state index is 0.255. The first kappa shape index (κ1) is 12.3. The van der Waals surface area contributed by atoms with Gasteiger partial charge in [-0.05, 0) is 37.8 Å². The maximum Gasteiger partial charge on any atom is 0.222 e. The second-order valence-corrected chi connectivity index (χ2v) is 5.14. The summed E-state index contributed by atoms with van der Waals surface area (Å²) in [5.41, 5.74) is 7.20. The largest absolute Gasteiger partial charge is 0.354 e. The second-order valence-electron chi connectivity index (χ2n) is 5.14. The summed E-state index contributed by atoms with van der Waals surface area (Å²) in [4.78, 5) is 8.59. The maximum absolute atomic E-state index is 5.95. The van der Waals surface area contributed by atoms with E-state index in [4.69, 9.17) is 5.73 Å². The Labute approximate surface area is 103 Å². The number of aryl methyl sites for hydroxylation is 1. The van der Waals surface area contributed by atoms with Gasteiger partial charge in [-0.3, -0.25) is 0 Å². The van der Waals surface area contributed by atoms with Crippen molar-refractivity contribution in [1.29, 1.82) is 0 Å². The minimum Gasteiger partial charge on any atom is -0.354 e. The molecule has 1 aromatic rings. The monoisotopic (exact) mass is 234 g/mol. The number of rotatable bonds is 4. The lowest BCUT2D eigenvalue weighted by Crippen LogP contribution is -2.39. The highest BCUT2D eigenvalue weighted by Gasteiger charge is 2.30. The molecule has 0 spiro atoms. The van der Waals surface area contributed by atoms with Crippen LogP contribution in [-0.4, -0.2) is 23.1 Å². The maximum atomic E-state index is 5.95. The Balaban J connectivity index is 1.95. The van der Waals surface area contributed by atoms with Crippen LogP contribution in [0.2, 0.25) is 0 Å². The predicted octanol–water partition coefficient (Wildman–Crippen LogP) is 2.11. The van der Waals surface area contributed by atoms with Gasteiger partial charge >= 0.3 is 0 Å². The Morgan fingerprint density at radius 2 is 2.12 bits per heavy atom. The van der Waals surface area contributed by atoms with E-state index in [2.05, 4.69) is 15.3 Å². The van der Waals surface area contributed by atoms with E-state index < -0.39 is 0 Å². The first-order chi connectivity index (χ1) is 8.24. The molecule has 3 N–H and O–H groups in total. The number of nitrogens with one attached hydrogen (secondary N) is 1. The van der Waals surface area contributed by atoms with E-state index in [0.717, 1.165) is 24.7 Å². The van der Waals surface area contributed by atoms with Gasteiger partial charge in [0.15, 0.2) is 0 Å². The molecule has 4 nitrogen and oxygen atoms in total. The first-order valence-corrected chi connectivity index (χ1v) is 6.48. The molecule has 0 atom stereocenters. The van der Waals surface area contributed by atoms with Crippen molar-refractivity contribution < 1.29 is 0 Å². The van der Waals surface area contributed by atoms with E-state index in [0.29, 0.717) is 0 Å². The molecule has 1 aliphatic rings. The molecule has 0 bridgehead atoms. The normalized spacial score (nSPS) is 18.9. The van der Waals surface area contributed by atoms with E-state index in [1.807, 2.05) is 13.0 Å². The SMILES string of the molecule is Cc1ccnc(NCC2(CN)CCCCC2)n1. The summed E-state index contributed by atoms with van der Waals surface area (Å²) in [6, 6.07) is 1.91. The molecule has 2 rings (SSSR count). The van der Waals surface area contributed by atoms with Gasteiger partial charge in [0, 0.05) is 18.4 Å². The number of hydrogen-bond donors (Lipinski definition) is 2. The lowest BCUT2D eigenvalue weighted by Gasteiger charge is -2.36. The van der Waals surface area contributed by atoms with Gasteiger partial charge in [-0.2, -0.15) is 0 Å². The molecule has 0 radical (unpaired) electrons. The number of aromatic nitrogens is 2. The quantitative estimate of drug-likeness (QED) is 0.837. The van der Waals surface area contributed by atoms with Gasteiger partial charge in [0.25, 0.3) is 0 Å². The van der Waals surface area contributed by atoms with Crippen molar-refractivity contribution in [3.8, 4) is 0 Å². The van der Waals surface area contributed by atoms with Crippen LogP contribution in [0, 0.1) is 12.3 Å². The summed E-state index contributed by atoms with van der Waals surface area (Å²) in [6.45, 7) is 3.63. The minimum absolute atomic E-state index is 0.255. The smallest absolute Gasteiger partial charge is 0.222 e. The highest BCUT2D eigenvalue weighted by atomic mass is 15.1. The van der Waals surface area contributed by atoms with E-state index in [1.165, 1.54) is 32.1 Å². The average Bonchev–Trinajstić information content (AvgIpc) is 2.38. The van der Waals surface area contributed by atoms with E-state index in [-0.39, 0.29) is 5.41 Å². The molecule has 1 saturated carbocycles. The molecule has 0 unspecified atom stereocenters. The van der Waals surface area contributed by atoms with Crippen molar-refractivity contribution in [3.05, 3.63) is 18.0 Å². The van der Waals surface area contributed by atoms with Gasteiger partial charge in [0.05, 0.1) is 0 Å². The Kier molecular flexibility index (Phi) is 3.94. The zero-order chi connectivity index (χ0) is 12.1. The number of hydrogen-bond acceptors (Lipinski definition) is 4. The van der Waals surface area contributed by atoms with Gasteiger partial charge in [-0.25, -0.2) is 9.97 Å². The fourth-order valence-electron chi connectivity index (χ4n) is 2.56. The third kappa shape index (κ3) is 3.16. The molecule has 1 fully saturated rings. The van der Waals surface area contributed by atoms with Gasteiger partial charge in [0.1, 0.15) is 0 Å². The molecule has 0 aliphatic heterocycles. The third-order valence-electron chi connectivity index (χ3n) is 3.76. The van der Waals surface area contributed by atoms with Crippen LogP contribution in [0.1, 0.15) is 37.8 Å². The third-order valence-corrected chi connectivity index (χ3v) is 3.76. The van der Waals surface area contributed by atoms with E-state index >= 15 is 0 Å². The van der Waals surface area contributed by atoms with Gasteiger partial charge in [-0.1, -0.05) is 19.3 Å². The fourth-order valence-corrected chi connectivity index (χ4v) is 2.56. The predicted molar refractivity (Wildman–Crippen MR) is 69.8 cm³/mol. The van der Waals surface area contributed by atoms with Crippen molar-refractivity contribution >= 4 is 5.95 Å². The van der Waals surface area contributed by atoms with Crippen LogP contribution < -0.4 is 11.1 Å². The summed E-state index contributed by atoms with van der Waals surface area (Å²) < 4.78 is 0. The molecule has 1 aromatic heterocycles.